The Morgan fingerprint density at radius 3 is 2.07 bits per heavy atom. The number of esters is 3. The summed E-state index contributed by atoms with van der Waals surface area (Å²) < 4.78 is 15.1. The Bertz CT molecular complexity index is 901. The van der Waals surface area contributed by atoms with Crippen LogP contribution in [0.25, 0.3) is 10.4 Å². The first-order valence-corrected chi connectivity index (χ1v) is 10.5. The van der Waals surface area contributed by atoms with Crippen LogP contribution in [0.4, 0.5) is 5.00 Å². The SMILES string of the molecule is CCOC(=O)c1c(N=CC(C(=O)OCC)C(=O)OCC)sc(-c2ccccc2)c1C. The number of aliphatic imine (C=N–C) groups is 1. The smallest absolute Gasteiger partial charge is 0.341 e. The van der Waals surface area contributed by atoms with Crippen LogP contribution in [0.15, 0.2) is 35.3 Å². The Hall–Kier alpha value is -3.00. The molecule has 0 amide bonds. The zero-order chi connectivity index (χ0) is 22.1. The second-order valence-electron chi connectivity index (χ2n) is 6.08. The van der Waals surface area contributed by atoms with Crippen molar-refractivity contribution in [3.8, 4) is 10.4 Å². The summed E-state index contributed by atoms with van der Waals surface area (Å²) in [7, 11) is 0. The van der Waals surface area contributed by atoms with Crippen molar-refractivity contribution in [2.24, 2.45) is 10.9 Å². The molecule has 0 fully saturated rings. The minimum atomic E-state index is -1.32. The van der Waals surface area contributed by atoms with E-state index in [-0.39, 0.29) is 19.8 Å². The number of carbonyl (C=O) groups excluding carboxylic acids is 3. The zero-order valence-corrected chi connectivity index (χ0v) is 18.3. The lowest BCUT2D eigenvalue weighted by molar-refractivity contribution is -0.157. The summed E-state index contributed by atoms with van der Waals surface area (Å²) in [6.45, 7) is 7.28. The molecule has 0 aliphatic carbocycles. The molecule has 0 radical (unpaired) electrons. The Labute approximate surface area is 179 Å². The largest absolute Gasteiger partial charge is 0.465 e. The van der Waals surface area contributed by atoms with E-state index in [4.69, 9.17) is 14.2 Å². The normalized spacial score (nSPS) is 11.0. The predicted molar refractivity (Wildman–Crippen MR) is 115 cm³/mol. The molecule has 2 rings (SSSR count). The molecule has 0 saturated carbocycles. The lowest BCUT2D eigenvalue weighted by atomic mass is 10.1. The minimum Gasteiger partial charge on any atom is -0.465 e. The van der Waals surface area contributed by atoms with Gasteiger partial charge in [0, 0.05) is 11.1 Å². The summed E-state index contributed by atoms with van der Waals surface area (Å²) in [4.78, 5) is 42.1. The van der Waals surface area contributed by atoms with Crippen LogP contribution in [-0.4, -0.2) is 43.9 Å². The Morgan fingerprint density at radius 2 is 1.53 bits per heavy atom. The lowest BCUT2D eigenvalue weighted by Gasteiger charge is -2.10. The molecule has 1 aromatic heterocycles. The van der Waals surface area contributed by atoms with Crippen LogP contribution in [0, 0.1) is 12.8 Å². The maximum absolute atomic E-state index is 12.6. The third kappa shape index (κ3) is 5.54. The highest BCUT2D eigenvalue weighted by atomic mass is 32.1. The van der Waals surface area contributed by atoms with E-state index in [0.29, 0.717) is 10.6 Å². The second-order valence-corrected chi connectivity index (χ2v) is 7.08. The molecule has 0 aliphatic rings. The van der Waals surface area contributed by atoms with Crippen LogP contribution in [0.1, 0.15) is 36.7 Å². The van der Waals surface area contributed by atoms with Gasteiger partial charge in [0.2, 0.25) is 0 Å². The molecule has 1 aromatic carbocycles. The van der Waals surface area contributed by atoms with Crippen LogP contribution in [0.5, 0.6) is 0 Å². The third-order valence-electron chi connectivity index (χ3n) is 4.07. The lowest BCUT2D eigenvalue weighted by Crippen LogP contribution is -2.29. The number of rotatable bonds is 9. The molecule has 0 N–H and O–H groups in total. The van der Waals surface area contributed by atoms with Crippen molar-refractivity contribution in [2.75, 3.05) is 19.8 Å². The maximum atomic E-state index is 12.6. The minimum absolute atomic E-state index is 0.118. The highest BCUT2D eigenvalue weighted by molar-refractivity contribution is 7.19. The molecule has 8 heteroatoms. The van der Waals surface area contributed by atoms with Crippen molar-refractivity contribution in [1.29, 1.82) is 0 Å². The van der Waals surface area contributed by atoms with Crippen molar-refractivity contribution in [3.63, 3.8) is 0 Å². The molecule has 0 spiro atoms. The highest BCUT2D eigenvalue weighted by Crippen LogP contribution is 2.41. The van der Waals surface area contributed by atoms with E-state index in [1.807, 2.05) is 37.3 Å². The van der Waals surface area contributed by atoms with Crippen LogP contribution in [-0.2, 0) is 23.8 Å². The van der Waals surface area contributed by atoms with E-state index in [9.17, 15) is 14.4 Å². The molecule has 160 valence electrons. The van der Waals surface area contributed by atoms with Gasteiger partial charge in [-0.1, -0.05) is 30.3 Å². The van der Waals surface area contributed by atoms with Crippen molar-refractivity contribution in [3.05, 3.63) is 41.5 Å². The third-order valence-corrected chi connectivity index (χ3v) is 5.31. The molecule has 0 unspecified atom stereocenters. The standard InChI is InChI=1S/C22H25NO6S/c1-5-27-20(24)16(21(25)28-6-2)13-23-19-17(22(26)29-7-3)14(4)18(30-19)15-11-9-8-10-12-15/h8-13,16H,5-7H2,1-4H3. The van der Waals surface area contributed by atoms with E-state index in [1.165, 1.54) is 17.6 Å². The van der Waals surface area contributed by atoms with Gasteiger partial charge in [0.25, 0.3) is 0 Å². The fraction of sp³-hybridized carbons (Fsp3) is 0.364. The van der Waals surface area contributed by atoms with Crippen molar-refractivity contribution in [2.45, 2.75) is 27.7 Å². The van der Waals surface area contributed by atoms with Crippen LogP contribution < -0.4 is 0 Å². The molecule has 0 bridgehead atoms. The average Bonchev–Trinajstić information content (AvgIpc) is 3.05. The van der Waals surface area contributed by atoms with Gasteiger partial charge in [-0.3, -0.25) is 9.59 Å². The number of thiophene rings is 1. The summed E-state index contributed by atoms with van der Waals surface area (Å²) in [5.74, 6) is -3.34. The Morgan fingerprint density at radius 1 is 0.967 bits per heavy atom. The monoisotopic (exact) mass is 431 g/mol. The van der Waals surface area contributed by atoms with Gasteiger partial charge in [0.1, 0.15) is 5.00 Å². The van der Waals surface area contributed by atoms with Gasteiger partial charge < -0.3 is 14.2 Å². The van der Waals surface area contributed by atoms with Crippen LogP contribution >= 0.6 is 11.3 Å². The summed E-state index contributed by atoms with van der Waals surface area (Å²) in [6, 6.07) is 9.57. The molecule has 0 atom stereocenters. The summed E-state index contributed by atoms with van der Waals surface area (Å²) in [5, 5.41) is 0.350. The van der Waals surface area contributed by atoms with E-state index in [2.05, 4.69) is 4.99 Å². The Kier molecular flexibility index (Phi) is 8.73. The molecule has 2 aromatic rings. The number of carbonyl (C=O) groups is 3. The van der Waals surface area contributed by atoms with Crippen LogP contribution in [0.2, 0.25) is 0 Å². The van der Waals surface area contributed by atoms with Crippen molar-refractivity contribution in [1.82, 2.24) is 0 Å². The average molecular weight is 432 g/mol. The highest BCUT2D eigenvalue weighted by Gasteiger charge is 2.29. The van der Waals surface area contributed by atoms with Gasteiger partial charge in [0.15, 0.2) is 5.92 Å². The van der Waals surface area contributed by atoms with Crippen LogP contribution in [0.3, 0.4) is 0 Å². The molecule has 0 aliphatic heterocycles. The number of hydrogen-bond donors (Lipinski definition) is 0. The molecule has 0 saturated heterocycles. The second kappa shape index (κ2) is 11.3. The van der Waals surface area contributed by atoms with Gasteiger partial charge in [-0.15, -0.1) is 11.3 Å². The first-order valence-electron chi connectivity index (χ1n) is 9.67. The molecular formula is C22H25NO6S. The fourth-order valence-electron chi connectivity index (χ4n) is 2.72. The van der Waals surface area contributed by atoms with Gasteiger partial charge in [0.05, 0.1) is 25.4 Å². The van der Waals surface area contributed by atoms with Crippen molar-refractivity contribution < 1.29 is 28.6 Å². The maximum Gasteiger partial charge on any atom is 0.341 e. The summed E-state index contributed by atoms with van der Waals surface area (Å²) in [5.41, 5.74) is 1.96. The Balaban J connectivity index is 2.50. The van der Waals surface area contributed by atoms with Gasteiger partial charge >= 0.3 is 17.9 Å². The molecule has 7 nitrogen and oxygen atoms in total. The van der Waals surface area contributed by atoms with E-state index in [0.717, 1.165) is 16.0 Å². The molecular weight excluding hydrogens is 406 g/mol. The van der Waals surface area contributed by atoms with Crippen molar-refractivity contribution >= 4 is 40.5 Å². The van der Waals surface area contributed by atoms with E-state index >= 15 is 0 Å². The van der Waals surface area contributed by atoms with Gasteiger partial charge in [-0.2, -0.15) is 0 Å². The van der Waals surface area contributed by atoms with E-state index in [1.54, 1.807) is 20.8 Å². The topological polar surface area (TPSA) is 91.3 Å². The first kappa shape index (κ1) is 23.3. The summed E-state index contributed by atoms with van der Waals surface area (Å²) >= 11 is 1.28. The molecule has 1 heterocycles. The number of ether oxygens (including phenoxy) is 3. The number of benzene rings is 1. The predicted octanol–water partition coefficient (Wildman–Crippen LogP) is 4.34. The number of hydrogen-bond acceptors (Lipinski definition) is 8. The molecule has 30 heavy (non-hydrogen) atoms. The van der Waals surface area contributed by atoms with Gasteiger partial charge in [-0.05, 0) is 38.8 Å². The van der Waals surface area contributed by atoms with E-state index < -0.39 is 23.8 Å². The quantitative estimate of drug-likeness (QED) is 0.254. The first-order chi connectivity index (χ1) is 14.4. The number of nitrogens with zero attached hydrogens (tertiary/aromatic N) is 1. The zero-order valence-electron chi connectivity index (χ0n) is 17.5. The van der Waals surface area contributed by atoms with Gasteiger partial charge in [-0.25, -0.2) is 9.79 Å². The fourth-order valence-corrected chi connectivity index (χ4v) is 3.88. The summed E-state index contributed by atoms with van der Waals surface area (Å²) in [6.07, 6.45) is 1.17.